The summed E-state index contributed by atoms with van der Waals surface area (Å²) in [6, 6.07) is 21.8. The number of nitrogens with one attached hydrogen (secondary N) is 1. The Balaban J connectivity index is 1.73. The molecule has 34 heavy (non-hydrogen) atoms. The van der Waals surface area contributed by atoms with Crippen LogP contribution in [0.25, 0.3) is 0 Å². The van der Waals surface area contributed by atoms with Crippen molar-refractivity contribution in [2.45, 2.75) is 31.8 Å². The lowest BCUT2D eigenvalue weighted by Crippen LogP contribution is -2.49. The highest BCUT2D eigenvalue weighted by Gasteiger charge is 2.29. The van der Waals surface area contributed by atoms with Crippen LogP contribution >= 0.6 is 11.6 Å². The predicted octanol–water partition coefficient (Wildman–Crippen LogP) is 5.02. The second-order valence-corrected chi connectivity index (χ2v) is 8.31. The third kappa shape index (κ3) is 7.59. The number of rotatable bonds is 11. The van der Waals surface area contributed by atoms with E-state index in [4.69, 9.17) is 16.3 Å². The zero-order valence-electron chi connectivity index (χ0n) is 19.0. The molecule has 0 fully saturated rings. The number of carbonyl (C=O) groups is 2. The number of likely N-dealkylation sites (N-methyl/N-ethyl adjacent to an activating group) is 1. The standard InChI is InChI=1S/C27H28ClFN2O3/c1-30-27(33)25(18-20-6-3-2-4-7-20)31(19-21-9-13-23(29)14-10-21)26(32)8-5-17-34-24-15-11-22(28)12-16-24/h2-4,6-7,9-16,25H,5,8,17-19H2,1H3,(H,30,33). The average Bonchev–Trinajstić information content (AvgIpc) is 2.86. The van der Waals surface area contributed by atoms with Gasteiger partial charge in [0, 0.05) is 31.5 Å². The van der Waals surface area contributed by atoms with Crippen molar-refractivity contribution in [3.05, 3.63) is 101 Å². The Morgan fingerprint density at radius 1 is 0.971 bits per heavy atom. The van der Waals surface area contributed by atoms with E-state index in [9.17, 15) is 14.0 Å². The highest BCUT2D eigenvalue weighted by Crippen LogP contribution is 2.18. The van der Waals surface area contributed by atoms with E-state index in [-0.39, 0.29) is 30.6 Å². The number of carbonyl (C=O) groups excluding carboxylic acids is 2. The Kier molecular flexibility index (Phi) is 9.47. The average molecular weight is 483 g/mol. The smallest absolute Gasteiger partial charge is 0.242 e. The first-order valence-electron chi connectivity index (χ1n) is 11.1. The highest BCUT2D eigenvalue weighted by atomic mass is 35.5. The minimum absolute atomic E-state index is 0.173. The number of amides is 2. The Hall–Kier alpha value is -3.38. The molecule has 7 heteroatoms. The molecule has 0 aliphatic heterocycles. The van der Waals surface area contributed by atoms with Crippen LogP contribution in [0.2, 0.25) is 5.02 Å². The van der Waals surface area contributed by atoms with Crippen LogP contribution in [0.5, 0.6) is 5.75 Å². The number of nitrogens with zero attached hydrogens (tertiary/aromatic N) is 1. The Bertz CT molecular complexity index is 1060. The molecule has 3 aromatic rings. The maximum Gasteiger partial charge on any atom is 0.242 e. The molecule has 3 rings (SSSR count). The molecule has 0 bridgehead atoms. The third-order valence-corrected chi connectivity index (χ3v) is 5.65. The van der Waals surface area contributed by atoms with Crippen molar-refractivity contribution in [2.75, 3.05) is 13.7 Å². The minimum Gasteiger partial charge on any atom is -0.494 e. The molecule has 178 valence electrons. The van der Waals surface area contributed by atoms with Crippen molar-refractivity contribution in [3.63, 3.8) is 0 Å². The first-order valence-corrected chi connectivity index (χ1v) is 11.5. The molecule has 2 amide bonds. The van der Waals surface area contributed by atoms with Crippen LogP contribution in [0.3, 0.4) is 0 Å². The summed E-state index contributed by atoms with van der Waals surface area (Å²) >= 11 is 5.89. The highest BCUT2D eigenvalue weighted by molar-refractivity contribution is 6.30. The molecule has 0 aliphatic rings. The monoisotopic (exact) mass is 482 g/mol. The van der Waals surface area contributed by atoms with Gasteiger partial charge in [0.25, 0.3) is 0 Å². The van der Waals surface area contributed by atoms with E-state index in [0.29, 0.717) is 30.2 Å². The van der Waals surface area contributed by atoms with Gasteiger partial charge < -0.3 is 15.0 Å². The molecule has 0 saturated heterocycles. The molecule has 0 aliphatic carbocycles. The molecular formula is C27H28ClFN2O3. The second-order valence-electron chi connectivity index (χ2n) is 7.87. The molecule has 5 nitrogen and oxygen atoms in total. The van der Waals surface area contributed by atoms with Crippen LogP contribution in [-0.2, 0) is 22.6 Å². The molecule has 1 N–H and O–H groups in total. The van der Waals surface area contributed by atoms with Gasteiger partial charge in [-0.3, -0.25) is 9.59 Å². The predicted molar refractivity (Wildman–Crippen MR) is 131 cm³/mol. The van der Waals surface area contributed by atoms with E-state index in [1.54, 1.807) is 48.3 Å². The van der Waals surface area contributed by atoms with Gasteiger partial charge in [-0.15, -0.1) is 0 Å². The quantitative estimate of drug-likeness (QED) is 0.390. The van der Waals surface area contributed by atoms with E-state index in [1.807, 2.05) is 30.3 Å². The first kappa shape index (κ1) is 25.2. The van der Waals surface area contributed by atoms with Crippen molar-refractivity contribution in [2.24, 2.45) is 0 Å². The van der Waals surface area contributed by atoms with Gasteiger partial charge in [0.05, 0.1) is 6.61 Å². The Morgan fingerprint density at radius 2 is 1.65 bits per heavy atom. The van der Waals surface area contributed by atoms with Crippen LogP contribution in [0.15, 0.2) is 78.9 Å². The van der Waals surface area contributed by atoms with Crippen LogP contribution in [-0.4, -0.2) is 36.4 Å². The molecule has 3 aromatic carbocycles. The number of hydrogen-bond acceptors (Lipinski definition) is 3. The fraction of sp³-hybridized carbons (Fsp3) is 0.259. The fourth-order valence-corrected chi connectivity index (χ4v) is 3.72. The van der Waals surface area contributed by atoms with Gasteiger partial charge in [0.2, 0.25) is 11.8 Å². The van der Waals surface area contributed by atoms with Gasteiger partial charge >= 0.3 is 0 Å². The van der Waals surface area contributed by atoms with Crippen LogP contribution in [0, 0.1) is 5.82 Å². The Morgan fingerprint density at radius 3 is 2.29 bits per heavy atom. The lowest BCUT2D eigenvalue weighted by Gasteiger charge is -2.31. The summed E-state index contributed by atoms with van der Waals surface area (Å²) in [5.41, 5.74) is 1.69. The van der Waals surface area contributed by atoms with E-state index < -0.39 is 6.04 Å². The van der Waals surface area contributed by atoms with Gasteiger partial charge in [-0.25, -0.2) is 4.39 Å². The van der Waals surface area contributed by atoms with Crippen LogP contribution < -0.4 is 10.1 Å². The molecular weight excluding hydrogens is 455 g/mol. The molecule has 0 saturated carbocycles. The largest absolute Gasteiger partial charge is 0.494 e. The zero-order valence-corrected chi connectivity index (χ0v) is 19.8. The van der Waals surface area contributed by atoms with Crippen LogP contribution in [0.1, 0.15) is 24.0 Å². The molecule has 0 radical (unpaired) electrons. The maximum absolute atomic E-state index is 13.4. The van der Waals surface area contributed by atoms with E-state index in [2.05, 4.69) is 5.32 Å². The van der Waals surface area contributed by atoms with Crippen LogP contribution in [0.4, 0.5) is 4.39 Å². The van der Waals surface area contributed by atoms with Crippen molar-refractivity contribution in [1.82, 2.24) is 10.2 Å². The SMILES string of the molecule is CNC(=O)C(Cc1ccccc1)N(Cc1ccc(F)cc1)C(=O)CCCOc1ccc(Cl)cc1. The normalized spacial score (nSPS) is 11.5. The van der Waals surface area contributed by atoms with Gasteiger partial charge in [-0.1, -0.05) is 54.1 Å². The molecule has 1 atom stereocenters. The molecule has 1 unspecified atom stereocenters. The van der Waals surface area contributed by atoms with Crippen molar-refractivity contribution in [1.29, 1.82) is 0 Å². The lowest BCUT2D eigenvalue weighted by molar-refractivity contribution is -0.141. The summed E-state index contributed by atoms with van der Waals surface area (Å²) in [5, 5.41) is 3.30. The molecule has 0 aromatic heterocycles. The first-order chi connectivity index (χ1) is 16.5. The number of benzene rings is 3. The lowest BCUT2D eigenvalue weighted by atomic mass is 10.0. The number of halogens is 2. The van der Waals surface area contributed by atoms with Gasteiger partial charge in [-0.05, 0) is 53.9 Å². The summed E-state index contributed by atoms with van der Waals surface area (Å²) in [6.07, 6.45) is 1.05. The van der Waals surface area contributed by atoms with Gasteiger partial charge in [-0.2, -0.15) is 0 Å². The van der Waals surface area contributed by atoms with Gasteiger partial charge in [0.15, 0.2) is 0 Å². The number of hydrogen-bond donors (Lipinski definition) is 1. The maximum atomic E-state index is 13.4. The van der Waals surface area contributed by atoms with Crippen molar-refractivity contribution in [3.8, 4) is 5.75 Å². The zero-order chi connectivity index (χ0) is 24.3. The molecule has 0 heterocycles. The Labute approximate surface area is 204 Å². The van der Waals surface area contributed by atoms with E-state index >= 15 is 0 Å². The number of ether oxygens (including phenoxy) is 1. The summed E-state index contributed by atoms with van der Waals surface area (Å²) < 4.78 is 19.1. The van der Waals surface area contributed by atoms with E-state index in [0.717, 1.165) is 11.1 Å². The second kappa shape index (κ2) is 12.8. The summed E-state index contributed by atoms with van der Waals surface area (Å²) in [4.78, 5) is 27.7. The minimum atomic E-state index is -0.706. The van der Waals surface area contributed by atoms with Crippen molar-refractivity contribution >= 4 is 23.4 Å². The third-order valence-electron chi connectivity index (χ3n) is 5.40. The van der Waals surface area contributed by atoms with Gasteiger partial charge in [0.1, 0.15) is 17.6 Å². The fourth-order valence-electron chi connectivity index (χ4n) is 3.59. The molecule has 0 spiro atoms. The van der Waals surface area contributed by atoms with E-state index in [1.165, 1.54) is 12.1 Å². The topological polar surface area (TPSA) is 58.6 Å². The summed E-state index contributed by atoms with van der Waals surface area (Å²) in [6.45, 7) is 0.545. The van der Waals surface area contributed by atoms with Crippen molar-refractivity contribution < 1.29 is 18.7 Å². The summed E-state index contributed by atoms with van der Waals surface area (Å²) in [7, 11) is 1.56. The summed E-state index contributed by atoms with van der Waals surface area (Å²) in [5.74, 6) is -0.106.